The number of ether oxygens (including phenoxy) is 1. The first-order valence-corrected chi connectivity index (χ1v) is 4.46. The van der Waals surface area contributed by atoms with Crippen LogP contribution < -0.4 is 0 Å². The highest BCUT2D eigenvalue weighted by Crippen LogP contribution is 2.13. The Balaban J connectivity index is 3.05. The quantitative estimate of drug-likeness (QED) is 0.596. The Labute approximate surface area is 81.6 Å². The molecule has 0 N–H and O–H groups in total. The van der Waals surface area contributed by atoms with Gasteiger partial charge in [-0.05, 0) is 28.1 Å². The van der Waals surface area contributed by atoms with Crippen molar-refractivity contribution < 1.29 is 18.3 Å². The maximum absolute atomic E-state index is 12.9. The van der Waals surface area contributed by atoms with Crippen LogP contribution in [0.25, 0.3) is 0 Å². The number of hydrogen-bond acceptors (Lipinski definition) is 2. The number of benzene rings is 1. The highest BCUT2D eigenvalue weighted by Gasteiger charge is 2.17. The maximum atomic E-state index is 12.9. The molecule has 0 spiro atoms. The van der Waals surface area contributed by atoms with Crippen molar-refractivity contribution in [3.05, 3.63) is 35.4 Å². The molecule has 0 fully saturated rings. The molecule has 0 aliphatic rings. The van der Waals surface area contributed by atoms with Gasteiger partial charge in [0, 0.05) is 0 Å². The van der Waals surface area contributed by atoms with Crippen molar-refractivity contribution >= 4 is 21.9 Å². The van der Waals surface area contributed by atoms with Crippen LogP contribution in [0, 0.1) is 11.6 Å². The molecule has 0 atom stereocenters. The summed E-state index contributed by atoms with van der Waals surface area (Å²) in [6.07, 6.45) is 0. The minimum atomic E-state index is -1.02. The van der Waals surface area contributed by atoms with Crippen molar-refractivity contribution in [1.82, 2.24) is 0 Å². The monoisotopic (exact) mass is 250 g/mol. The first-order chi connectivity index (χ1) is 6.16. The van der Waals surface area contributed by atoms with Gasteiger partial charge < -0.3 is 4.74 Å². The standard InChI is InChI=1S/C8H5BrF2O2/c9-4-13-8(12)7-5(10)2-1-3-6(7)11/h1-3H,4H2. The summed E-state index contributed by atoms with van der Waals surface area (Å²) in [7, 11) is 0. The molecule has 70 valence electrons. The second kappa shape index (κ2) is 4.32. The average Bonchev–Trinajstić information content (AvgIpc) is 2.04. The summed E-state index contributed by atoms with van der Waals surface area (Å²) in [5, 5.41) is 0. The molecule has 0 bridgehead atoms. The Morgan fingerprint density at radius 2 is 1.92 bits per heavy atom. The highest BCUT2D eigenvalue weighted by atomic mass is 79.9. The van der Waals surface area contributed by atoms with Gasteiger partial charge in [-0.3, -0.25) is 0 Å². The van der Waals surface area contributed by atoms with Crippen molar-refractivity contribution in [2.45, 2.75) is 0 Å². The van der Waals surface area contributed by atoms with Gasteiger partial charge in [-0.25, -0.2) is 13.6 Å². The largest absolute Gasteiger partial charge is 0.450 e. The van der Waals surface area contributed by atoms with E-state index in [2.05, 4.69) is 20.7 Å². The van der Waals surface area contributed by atoms with Crippen LogP contribution >= 0.6 is 15.9 Å². The smallest absolute Gasteiger partial charge is 0.344 e. The lowest BCUT2D eigenvalue weighted by atomic mass is 10.2. The summed E-state index contributed by atoms with van der Waals surface area (Å²) in [5.74, 6) is -2.87. The van der Waals surface area contributed by atoms with Crippen LogP contribution in [-0.2, 0) is 4.74 Å². The molecule has 13 heavy (non-hydrogen) atoms. The second-order valence-electron chi connectivity index (χ2n) is 2.14. The van der Waals surface area contributed by atoms with Crippen LogP contribution in [0.15, 0.2) is 18.2 Å². The van der Waals surface area contributed by atoms with Crippen molar-refractivity contribution in [1.29, 1.82) is 0 Å². The van der Waals surface area contributed by atoms with E-state index in [1.165, 1.54) is 6.07 Å². The normalized spacial score (nSPS) is 9.77. The van der Waals surface area contributed by atoms with Gasteiger partial charge in [-0.15, -0.1) is 0 Å². The SMILES string of the molecule is O=C(OCBr)c1c(F)cccc1F. The summed E-state index contributed by atoms with van der Waals surface area (Å²) in [4.78, 5) is 11.0. The van der Waals surface area contributed by atoms with Crippen LogP contribution in [0.3, 0.4) is 0 Å². The molecule has 0 aliphatic heterocycles. The average molecular weight is 251 g/mol. The molecule has 5 heteroatoms. The zero-order valence-electron chi connectivity index (χ0n) is 6.39. The van der Waals surface area contributed by atoms with Crippen LogP contribution in [0.4, 0.5) is 8.78 Å². The lowest BCUT2D eigenvalue weighted by Gasteiger charge is -2.02. The fourth-order valence-electron chi connectivity index (χ4n) is 0.815. The van der Waals surface area contributed by atoms with E-state index in [0.717, 1.165) is 12.1 Å². The van der Waals surface area contributed by atoms with E-state index in [0.29, 0.717) is 0 Å². The second-order valence-corrected chi connectivity index (χ2v) is 2.60. The molecule has 0 heterocycles. The molecule has 0 radical (unpaired) electrons. The molecule has 0 saturated heterocycles. The first kappa shape index (κ1) is 10.1. The number of carbonyl (C=O) groups is 1. The van der Waals surface area contributed by atoms with Gasteiger partial charge in [0.25, 0.3) is 0 Å². The van der Waals surface area contributed by atoms with E-state index in [1.54, 1.807) is 0 Å². The summed E-state index contributed by atoms with van der Waals surface area (Å²) in [6, 6.07) is 3.16. The van der Waals surface area contributed by atoms with E-state index in [-0.39, 0.29) is 5.52 Å². The van der Waals surface area contributed by atoms with Gasteiger partial charge >= 0.3 is 5.97 Å². The third-order valence-corrected chi connectivity index (χ3v) is 1.58. The Hall–Kier alpha value is -0.970. The molecular formula is C8H5BrF2O2. The Kier molecular flexibility index (Phi) is 3.36. The molecule has 0 aromatic heterocycles. The Bertz CT molecular complexity index is 308. The van der Waals surface area contributed by atoms with Crippen LogP contribution in [0.5, 0.6) is 0 Å². The predicted molar refractivity (Wildman–Crippen MR) is 45.6 cm³/mol. The van der Waals surface area contributed by atoms with Crippen molar-refractivity contribution in [3.63, 3.8) is 0 Å². The number of alkyl halides is 1. The minimum absolute atomic E-state index is 0.0976. The fourth-order valence-corrected chi connectivity index (χ4v) is 1.02. The number of esters is 1. The minimum Gasteiger partial charge on any atom is -0.450 e. The number of carbonyl (C=O) groups excluding carboxylic acids is 1. The van der Waals surface area contributed by atoms with E-state index < -0.39 is 23.2 Å². The molecule has 0 saturated carbocycles. The van der Waals surface area contributed by atoms with E-state index >= 15 is 0 Å². The fraction of sp³-hybridized carbons (Fsp3) is 0.125. The summed E-state index contributed by atoms with van der Waals surface area (Å²) < 4.78 is 30.1. The summed E-state index contributed by atoms with van der Waals surface area (Å²) in [6.45, 7) is 0. The molecule has 1 aromatic carbocycles. The Morgan fingerprint density at radius 1 is 1.38 bits per heavy atom. The molecule has 2 nitrogen and oxygen atoms in total. The summed E-state index contributed by atoms with van der Waals surface area (Å²) in [5.41, 5.74) is -0.762. The first-order valence-electron chi connectivity index (χ1n) is 3.34. The molecule has 1 rings (SSSR count). The van der Waals surface area contributed by atoms with Crippen molar-refractivity contribution in [2.24, 2.45) is 0 Å². The van der Waals surface area contributed by atoms with Crippen LogP contribution in [-0.4, -0.2) is 11.5 Å². The zero-order chi connectivity index (χ0) is 9.84. The number of halogens is 3. The van der Waals surface area contributed by atoms with Gasteiger partial charge in [0.05, 0.1) is 0 Å². The lowest BCUT2D eigenvalue weighted by molar-refractivity contribution is 0.0573. The van der Waals surface area contributed by atoms with Crippen molar-refractivity contribution in [2.75, 3.05) is 5.52 Å². The molecule has 1 aromatic rings. The number of hydrogen-bond donors (Lipinski definition) is 0. The third-order valence-electron chi connectivity index (χ3n) is 1.35. The van der Waals surface area contributed by atoms with E-state index in [4.69, 9.17) is 0 Å². The van der Waals surface area contributed by atoms with E-state index in [1.807, 2.05) is 0 Å². The van der Waals surface area contributed by atoms with Gasteiger partial charge in [0.15, 0.2) is 0 Å². The van der Waals surface area contributed by atoms with Crippen LogP contribution in [0.1, 0.15) is 10.4 Å². The van der Waals surface area contributed by atoms with Crippen molar-refractivity contribution in [3.8, 4) is 0 Å². The highest BCUT2D eigenvalue weighted by molar-refractivity contribution is 9.09. The topological polar surface area (TPSA) is 26.3 Å². The van der Waals surface area contributed by atoms with Crippen LogP contribution in [0.2, 0.25) is 0 Å². The lowest BCUT2D eigenvalue weighted by Crippen LogP contribution is -2.08. The van der Waals surface area contributed by atoms with Gasteiger partial charge in [-0.1, -0.05) is 6.07 Å². The predicted octanol–water partition coefficient (Wildman–Crippen LogP) is 2.47. The Morgan fingerprint density at radius 3 is 2.38 bits per heavy atom. The van der Waals surface area contributed by atoms with Gasteiger partial charge in [0.2, 0.25) is 0 Å². The van der Waals surface area contributed by atoms with E-state index in [9.17, 15) is 13.6 Å². The van der Waals surface area contributed by atoms with Gasteiger partial charge in [-0.2, -0.15) is 0 Å². The molecular weight excluding hydrogens is 246 g/mol. The molecule has 0 unspecified atom stereocenters. The zero-order valence-corrected chi connectivity index (χ0v) is 7.98. The van der Waals surface area contributed by atoms with Gasteiger partial charge in [0.1, 0.15) is 22.7 Å². The third kappa shape index (κ3) is 2.24. The maximum Gasteiger partial charge on any atom is 0.344 e. The molecule has 0 amide bonds. The summed E-state index contributed by atoms with van der Waals surface area (Å²) >= 11 is 2.81. The number of rotatable bonds is 2. The molecule has 0 aliphatic carbocycles.